The summed E-state index contributed by atoms with van der Waals surface area (Å²) in [5.41, 5.74) is 0.590. The van der Waals surface area contributed by atoms with E-state index in [0.717, 1.165) is 5.75 Å². The Hall–Kier alpha value is -3.22. The Morgan fingerprint density at radius 3 is 2.62 bits per heavy atom. The number of carbonyl (C=O) groups is 2. The molecule has 0 fully saturated rings. The lowest BCUT2D eigenvalue weighted by molar-refractivity contribution is -0.121. The molecule has 1 N–H and O–H groups in total. The third kappa shape index (κ3) is 3.88. The van der Waals surface area contributed by atoms with Crippen LogP contribution in [0.1, 0.15) is 16.8 Å². The molecule has 7 nitrogen and oxygen atoms in total. The van der Waals surface area contributed by atoms with Gasteiger partial charge in [-0.2, -0.15) is 0 Å². The van der Waals surface area contributed by atoms with Crippen LogP contribution >= 0.6 is 0 Å². The maximum absolute atomic E-state index is 12.2. The van der Waals surface area contributed by atoms with Crippen LogP contribution in [-0.4, -0.2) is 43.9 Å². The SMILES string of the molecule is COc1ccc(OCCCN2C(=O)COc3ccc(C(=O)O)cc32)cc1. The number of benzene rings is 2. The van der Waals surface area contributed by atoms with Gasteiger partial charge in [-0.25, -0.2) is 4.79 Å². The Morgan fingerprint density at radius 1 is 1.19 bits per heavy atom. The topological polar surface area (TPSA) is 85.3 Å². The van der Waals surface area contributed by atoms with Crippen molar-refractivity contribution in [2.75, 3.05) is 31.8 Å². The third-order valence-electron chi connectivity index (χ3n) is 4.00. The Balaban J connectivity index is 1.61. The smallest absolute Gasteiger partial charge is 0.335 e. The van der Waals surface area contributed by atoms with Crippen LogP contribution in [0.4, 0.5) is 5.69 Å². The number of anilines is 1. The molecule has 1 aliphatic heterocycles. The highest BCUT2D eigenvalue weighted by Crippen LogP contribution is 2.33. The van der Waals surface area contributed by atoms with Crippen molar-refractivity contribution in [1.82, 2.24) is 0 Å². The van der Waals surface area contributed by atoms with Gasteiger partial charge >= 0.3 is 5.97 Å². The number of hydrogen-bond donors (Lipinski definition) is 1. The number of amides is 1. The minimum atomic E-state index is -1.05. The summed E-state index contributed by atoms with van der Waals surface area (Å²) in [4.78, 5) is 24.9. The van der Waals surface area contributed by atoms with Crippen molar-refractivity contribution in [3.8, 4) is 17.2 Å². The molecule has 0 aromatic heterocycles. The first-order chi connectivity index (χ1) is 12.6. The second-order valence-corrected chi connectivity index (χ2v) is 5.70. The Labute approximate surface area is 150 Å². The Bertz CT molecular complexity index is 802. The van der Waals surface area contributed by atoms with E-state index in [0.29, 0.717) is 36.8 Å². The van der Waals surface area contributed by atoms with Gasteiger partial charge in [0.15, 0.2) is 6.61 Å². The standard InChI is InChI=1S/C19H19NO6/c1-24-14-4-6-15(7-5-14)25-10-2-9-20-16-11-13(19(22)23)3-8-17(16)26-12-18(20)21/h3-8,11H,2,9-10,12H2,1H3,(H,22,23). The summed E-state index contributed by atoms with van der Waals surface area (Å²) in [6, 6.07) is 11.7. The zero-order valence-corrected chi connectivity index (χ0v) is 14.3. The highest BCUT2D eigenvalue weighted by atomic mass is 16.5. The molecule has 1 aliphatic rings. The van der Waals surface area contributed by atoms with E-state index in [9.17, 15) is 9.59 Å². The summed E-state index contributed by atoms with van der Waals surface area (Å²) in [5, 5.41) is 9.14. The number of nitrogens with zero attached hydrogens (tertiary/aromatic N) is 1. The van der Waals surface area contributed by atoms with Gasteiger partial charge in [0.25, 0.3) is 5.91 Å². The lowest BCUT2D eigenvalue weighted by atomic mass is 10.1. The van der Waals surface area contributed by atoms with Crippen molar-refractivity contribution < 1.29 is 28.9 Å². The minimum absolute atomic E-state index is 0.0568. The molecule has 2 aromatic carbocycles. The second-order valence-electron chi connectivity index (χ2n) is 5.70. The fourth-order valence-corrected chi connectivity index (χ4v) is 2.66. The van der Waals surface area contributed by atoms with Crippen molar-refractivity contribution in [3.05, 3.63) is 48.0 Å². The van der Waals surface area contributed by atoms with Crippen molar-refractivity contribution in [2.45, 2.75) is 6.42 Å². The minimum Gasteiger partial charge on any atom is -0.497 e. The Kier molecular flexibility index (Phi) is 5.26. The lowest BCUT2D eigenvalue weighted by Crippen LogP contribution is -2.40. The van der Waals surface area contributed by atoms with Crippen molar-refractivity contribution >= 4 is 17.6 Å². The van der Waals surface area contributed by atoms with Gasteiger partial charge in [0.2, 0.25) is 0 Å². The number of aromatic carboxylic acids is 1. The van der Waals surface area contributed by atoms with E-state index < -0.39 is 5.97 Å². The summed E-state index contributed by atoms with van der Waals surface area (Å²) in [5.74, 6) is 0.721. The summed E-state index contributed by atoms with van der Waals surface area (Å²) in [6.07, 6.45) is 0.592. The maximum Gasteiger partial charge on any atom is 0.335 e. The largest absolute Gasteiger partial charge is 0.497 e. The summed E-state index contributed by atoms with van der Waals surface area (Å²) in [7, 11) is 1.60. The van der Waals surface area contributed by atoms with Crippen LogP contribution in [0.3, 0.4) is 0 Å². The second kappa shape index (κ2) is 7.77. The van der Waals surface area contributed by atoms with Gasteiger partial charge in [-0.05, 0) is 48.9 Å². The van der Waals surface area contributed by atoms with E-state index in [4.69, 9.17) is 19.3 Å². The third-order valence-corrected chi connectivity index (χ3v) is 4.00. The van der Waals surface area contributed by atoms with Gasteiger partial charge in [-0.15, -0.1) is 0 Å². The fourth-order valence-electron chi connectivity index (χ4n) is 2.66. The van der Waals surface area contributed by atoms with E-state index in [1.807, 2.05) is 24.3 Å². The first-order valence-corrected chi connectivity index (χ1v) is 8.16. The van der Waals surface area contributed by atoms with Crippen LogP contribution < -0.4 is 19.1 Å². The predicted molar refractivity (Wildman–Crippen MR) is 94.4 cm³/mol. The number of ether oxygens (including phenoxy) is 3. The number of rotatable bonds is 7. The van der Waals surface area contributed by atoms with Gasteiger partial charge in [-0.3, -0.25) is 4.79 Å². The van der Waals surface area contributed by atoms with Gasteiger partial charge in [0.1, 0.15) is 17.2 Å². The molecule has 3 rings (SSSR count). The molecule has 0 bridgehead atoms. The normalized spacial score (nSPS) is 13.0. The average Bonchev–Trinajstić information content (AvgIpc) is 2.66. The van der Waals surface area contributed by atoms with Crippen molar-refractivity contribution in [1.29, 1.82) is 0 Å². The quantitative estimate of drug-likeness (QED) is 0.767. The highest BCUT2D eigenvalue weighted by molar-refractivity contribution is 5.99. The molecule has 2 aromatic rings. The molecule has 0 spiro atoms. The number of methoxy groups -OCH3 is 1. The zero-order valence-electron chi connectivity index (χ0n) is 14.3. The molecular formula is C19H19NO6. The van der Waals surface area contributed by atoms with Crippen molar-refractivity contribution in [3.63, 3.8) is 0 Å². The molecule has 136 valence electrons. The van der Waals surface area contributed by atoms with Gasteiger partial charge in [0.05, 0.1) is 25.0 Å². The number of fused-ring (bicyclic) bond motifs is 1. The highest BCUT2D eigenvalue weighted by Gasteiger charge is 2.26. The fraction of sp³-hybridized carbons (Fsp3) is 0.263. The number of carboxylic acids is 1. The molecule has 7 heteroatoms. The van der Waals surface area contributed by atoms with Crippen LogP contribution in [0.25, 0.3) is 0 Å². The van der Waals surface area contributed by atoms with Crippen molar-refractivity contribution in [2.24, 2.45) is 0 Å². The first-order valence-electron chi connectivity index (χ1n) is 8.16. The van der Waals surface area contributed by atoms with E-state index >= 15 is 0 Å². The molecule has 26 heavy (non-hydrogen) atoms. The van der Waals surface area contributed by atoms with Crippen LogP contribution in [0.15, 0.2) is 42.5 Å². The lowest BCUT2D eigenvalue weighted by Gasteiger charge is -2.29. The molecule has 0 aliphatic carbocycles. The molecule has 0 saturated heterocycles. The van der Waals surface area contributed by atoms with Crippen LogP contribution in [0.2, 0.25) is 0 Å². The van der Waals surface area contributed by atoms with E-state index in [1.54, 1.807) is 18.1 Å². The van der Waals surface area contributed by atoms with E-state index in [2.05, 4.69) is 0 Å². The molecular weight excluding hydrogens is 338 g/mol. The Morgan fingerprint density at radius 2 is 1.92 bits per heavy atom. The van der Waals surface area contributed by atoms with Crippen LogP contribution in [-0.2, 0) is 4.79 Å². The number of carbonyl (C=O) groups excluding carboxylic acids is 1. The predicted octanol–water partition coefficient (Wildman–Crippen LogP) is 2.59. The van der Waals surface area contributed by atoms with Crippen LogP contribution in [0.5, 0.6) is 17.2 Å². The monoisotopic (exact) mass is 357 g/mol. The molecule has 1 amide bonds. The van der Waals surface area contributed by atoms with Gasteiger partial charge < -0.3 is 24.2 Å². The number of carboxylic acid groups (broad SMARTS) is 1. The summed E-state index contributed by atoms with van der Waals surface area (Å²) in [6.45, 7) is 0.776. The average molecular weight is 357 g/mol. The summed E-state index contributed by atoms with van der Waals surface area (Å²) >= 11 is 0. The maximum atomic E-state index is 12.2. The molecule has 0 unspecified atom stereocenters. The van der Waals surface area contributed by atoms with E-state index in [1.165, 1.54) is 12.1 Å². The van der Waals surface area contributed by atoms with Crippen LogP contribution in [0, 0.1) is 0 Å². The first kappa shape index (κ1) is 17.6. The molecule has 0 saturated carbocycles. The molecule has 0 radical (unpaired) electrons. The zero-order chi connectivity index (χ0) is 18.5. The molecule has 0 atom stereocenters. The molecule has 1 heterocycles. The summed E-state index contributed by atoms with van der Waals surface area (Å²) < 4.78 is 16.1. The van der Waals surface area contributed by atoms with E-state index in [-0.39, 0.29) is 18.1 Å². The van der Waals surface area contributed by atoms with Gasteiger partial charge in [0, 0.05) is 6.54 Å². The van der Waals surface area contributed by atoms with Gasteiger partial charge in [-0.1, -0.05) is 0 Å². The number of hydrogen-bond acceptors (Lipinski definition) is 5.